The van der Waals surface area contributed by atoms with Crippen molar-refractivity contribution in [1.29, 1.82) is 0 Å². The summed E-state index contributed by atoms with van der Waals surface area (Å²) in [5.41, 5.74) is -0.00129. The van der Waals surface area contributed by atoms with Gasteiger partial charge in [0.25, 0.3) is 0 Å². The van der Waals surface area contributed by atoms with Gasteiger partial charge >= 0.3 is 0 Å². The van der Waals surface area contributed by atoms with Gasteiger partial charge in [-0.2, -0.15) is 0 Å². The lowest BCUT2D eigenvalue weighted by Crippen LogP contribution is -2.22. The molecule has 0 radical (unpaired) electrons. The Hall–Kier alpha value is -1.00. The predicted molar refractivity (Wildman–Crippen MR) is 54.5 cm³/mol. The smallest absolute Gasteiger partial charge is 0.129 e. The molecule has 2 nitrogen and oxygen atoms in total. The van der Waals surface area contributed by atoms with Crippen molar-refractivity contribution in [3.05, 3.63) is 35.4 Å². The fraction of sp³-hybridized carbons (Fsp3) is 0.455. The van der Waals surface area contributed by atoms with Crippen LogP contribution in [0.3, 0.4) is 0 Å². The quantitative estimate of drug-likeness (QED) is 0.736. The molecule has 15 heavy (non-hydrogen) atoms. The third-order valence-corrected chi connectivity index (χ3v) is 2.08. The largest absolute Gasteiger partial charge is 0.387 e. The van der Waals surface area contributed by atoms with Gasteiger partial charge in [0.1, 0.15) is 11.6 Å². The first-order valence-electron chi connectivity index (χ1n) is 4.99. The lowest BCUT2D eigenvalue weighted by atomic mass is 10.1. The molecule has 1 rings (SSSR count). The highest BCUT2D eigenvalue weighted by atomic mass is 19.1. The number of halogens is 2. The van der Waals surface area contributed by atoms with Crippen molar-refractivity contribution >= 4 is 0 Å². The Morgan fingerprint density at radius 3 is 2.80 bits per heavy atom. The Balaban J connectivity index is 2.64. The van der Waals surface area contributed by atoms with Crippen molar-refractivity contribution in [1.82, 2.24) is 5.32 Å². The molecule has 84 valence electrons. The van der Waals surface area contributed by atoms with Gasteiger partial charge in [-0.1, -0.05) is 6.92 Å². The third-order valence-electron chi connectivity index (χ3n) is 2.08. The lowest BCUT2D eigenvalue weighted by Gasteiger charge is -2.12. The molecule has 0 saturated carbocycles. The second kappa shape index (κ2) is 5.78. The van der Waals surface area contributed by atoms with E-state index in [-0.39, 0.29) is 12.1 Å². The van der Waals surface area contributed by atoms with Crippen LogP contribution in [0.2, 0.25) is 0 Å². The van der Waals surface area contributed by atoms with Crippen LogP contribution >= 0.6 is 0 Å². The minimum absolute atomic E-state index is 0.00129. The van der Waals surface area contributed by atoms with Crippen molar-refractivity contribution in [3.63, 3.8) is 0 Å². The highest BCUT2D eigenvalue weighted by molar-refractivity contribution is 5.21. The van der Waals surface area contributed by atoms with Crippen molar-refractivity contribution in [2.75, 3.05) is 13.1 Å². The van der Waals surface area contributed by atoms with Gasteiger partial charge in [-0.25, -0.2) is 8.78 Å². The van der Waals surface area contributed by atoms with Crippen LogP contribution in [0.5, 0.6) is 0 Å². The van der Waals surface area contributed by atoms with Crippen LogP contribution in [0.4, 0.5) is 8.78 Å². The summed E-state index contributed by atoms with van der Waals surface area (Å²) in [7, 11) is 0. The van der Waals surface area contributed by atoms with E-state index < -0.39 is 17.7 Å². The van der Waals surface area contributed by atoms with Gasteiger partial charge in [-0.15, -0.1) is 0 Å². The molecule has 4 heteroatoms. The summed E-state index contributed by atoms with van der Waals surface area (Å²) in [5.74, 6) is -1.12. The molecular weight excluding hydrogens is 200 g/mol. The van der Waals surface area contributed by atoms with Crippen LogP contribution < -0.4 is 5.32 Å². The first kappa shape index (κ1) is 12.1. The topological polar surface area (TPSA) is 32.3 Å². The van der Waals surface area contributed by atoms with Crippen LogP contribution in [-0.2, 0) is 0 Å². The molecular formula is C11H15F2NO. The number of aliphatic hydroxyl groups is 1. The van der Waals surface area contributed by atoms with Crippen LogP contribution in [0.1, 0.15) is 25.0 Å². The van der Waals surface area contributed by atoms with E-state index in [1.54, 1.807) is 0 Å². The standard InChI is InChI=1S/C11H15F2NO/c1-2-5-14-7-11(15)9-6-8(12)3-4-10(9)13/h3-4,6,11,14-15H,2,5,7H2,1H3. The minimum Gasteiger partial charge on any atom is -0.387 e. The van der Waals surface area contributed by atoms with E-state index in [4.69, 9.17) is 0 Å². The predicted octanol–water partition coefficient (Wildman–Crippen LogP) is 2.00. The SMILES string of the molecule is CCCNCC(O)c1cc(F)ccc1F. The molecule has 0 aliphatic rings. The Bertz CT molecular complexity index is 317. The zero-order valence-corrected chi connectivity index (χ0v) is 8.63. The molecule has 1 atom stereocenters. The number of rotatable bonds is 5. The summed E-state index contributed by atoms with van der Waals surface area (Å²) in [6, 6.07) is 3.08. The summed E-state index contributed by atoms with van der Waals surface area (Å²) in [6.45, 7) is 2.96. The number of nitrogens with one attached hydrogen (secondary N) is 1. The second-order valence-electron chi connectivity index (χ2n) is 3.39. The molecule has 1 aromatic carbocycles. The fourth-order valence-corrected chi connectivity index (χ4v) is 1.30. The van der Waals surface area contributed by atoms with Crippen LogP contribution in [0.25, 0.3) is 0 Å². The molecule has 1 unspecified atom stereocenters. The molecule has 0 saturated heterocycles. The average Bonchev–Trinajstić information content (AvgIpc) is 2.22. The van der Waals surface area contributed by atoms with Gasteiger partial charge in [-0.05, 0) is 31.2 Å². The van der Waals surface area contributed by atoms with E-state index in [0.717, 1.165) is 31.2 Å². The van der Waals surface area contributed by atoms with Crippen molar-refractivity contribution in [3.8, 4) is 0 Å². The number of benzene rings is 1. The molecule has 0 heterocycles. The van der Waals surface area contributed by atoms with E-state index in [0.29, 0.717) is 0 Å². The minimum atomic E-state index is -1.01. The summed E-state index contributed by atoms with van der Waals surface area (Å²) in [5, 5.41) is 12.5. The van der Waals surface area contributed by atoms with Crippen LogP contribution in [0, 0.1) is 11.6 Å². The zero-order valence-electron chi connectivity index (χ0n) is 8.63. The first-order valence-corrected chi connectivity index (χ1v) is 4.99. The molecule has 0 spiro atoms. The summed E-state index contributed by atoms with van der Waals surface area (Å²) >= 11 is 0. The summed E-state index contributed by atoms with van der Waals surface area (Å²) in [6.07, 6.45) is -0.0783. The van der Waals surface area contributed by atoms with E-state index in [1.807, 2.05) is 6.92 Å². The maximum atomic E-state index is 13.2. The van der Waals surface area contributed by atoms with Crippen molar-refractivity contribution in [2.45, 2.75) is 19.4 Å². The molecule has 0 fully saturated rings. The lowest BCUT2D eigenvalue weighted by molar-refractivity contribution is 0.170. The maximum absolute atomic E-state index is 13.2. The monoisotopic (exact) mass is 215 g/mol. The zero-order chi connectivity index (χ0) is 11.3. The number of aliphatic hydroxyl groups excluding tert-OH is 1. The van der Waals surface area contributed by atoms with Crippen molar-refractivity contribution in [2.24, 2.45) is 0 Å². The van der Waals surface area contributed by atoms with Crippen LogP contribution in [-0.4, -0.2) is 18.2 Å². The van der Waals surface area contributed by atoms with E-state index >= 15 is 0 Å². The van der Waals surface area contributed by atoms with Crippen LogP contribution in [0.15, 0.2) is 18.2 Å². The highest BCUT2D eigenvalue weighted by Gasteiger charge is 2.12. The van der Waals surface area contributed by atoms with Gasteiger partial charge in [0.05, 0.1) is 6.10 Å². The molecule has 0 amide bonds. The van der Waals surface area contributed by atoms with Gasteiger partial charge in [0.2, 0.25) is 0 Å². The molecule has 0 aliphatic carbocycles. The molecule has 0 bridgehead atoms. The maximum Gasteiger partial charge on any atom is 0.129 e. The highest BCUT2D eigenvalue weighted by Crippen LogP contribution is 2.17. The molecule has 0 aromatic heterocycles. The summed E-state index contributed by atoms with van der Waals surface area (Å²) < 4.78 is 26.0. The average molecular weight is 215 g/mol. The van der Waals surface area contributed by atoms with Gasteiger partial charge in [-0.3, -0.25) is 0 Å². The Morgan fingerprint density at radius 2 is 2.13 bits per heavy atom. The number of hydrogen-bond donors (Lipinski definition) is 2. The Kier molecular flexibility index (Phi) is 4.65. The third kappa shape index (κ3) is 3.57. The number of hydrogen-bond acceptors (Lipinski definition) is 2. The van der Waals surface area contributed by atoms with Gasteiger partial charge in [0.15, 0.2) is 0 Å². The molecule has 0 aliphatic heterocycles. The first-order chi connectivity index (χ1) is 7.15. The molecule has 1 aromatic rings. The van der Waals surface area contributed by atoms with Crippen molar-refractivity contribution < 1.29 is 13.9 Å². The van der Waals surface area contributed by atoms with E-state index in [9.17, 15) is 13.9 Å². The Morgan fingerprint density at radius 1 is 1.40 bits per heavy atom. The van der Waals surface area contributed by atoms with Gasteiger partial charge in [0, 0.05) is 12.1 Å². The van der Waals surface area contributed by atoms with Gasteiger partial charge < -0.3 is 10.4 Å². The Labute approximate surface area is 87.9 Å². The normalized spacial score (nSPS) is 12.8. The second-order valence-corrected chi connectivity index (χ2v) is 3.39. The van der Waals surface area contributed by atoms with E-state index in [1.165, 1.54) is 0 Å². The fourth-order valence-electron chi connectivity index (χ4n) is 1.30. The van der Waals surface area contributed by atoms with E-state index in [2.05, 4.69) is 5.32 Å². The molecule has 2 N–H and O–H groups in total. The summed E-state index contributed by atoms with van der Waals surface area (Å²) in [4.78, 5) is 0.